The van der Waals surface area contributed by atoms with Crippen molar-refractivity contribution in [3.8, 4) is 5.75 Å². The van der Waals surface area contributed by atoms with Crippen molar-refractivity contribution >= 4 is 20.1 Å². The summed E-state index contributed by atoms with van der Waals surface area (Å²) in [4.78, 5) is 25.5. The maximum absolute atomic E-state index is 13.2. The van der Waals surface area contributed by atoms with Crippen molar-refractivity contribution in [2.45, 2.75) is 57.9 Å². The van der Waals surface area contributed by atoms with E-state index in [1.54, 1.807) is 17.8 Å². The zero-order valence-corrected chi connectivity index (χ0v) is 24.0. The fraction of sp³-hybridized carbons (Fsp3) is 0.593. The average Bonchev–Trinajstić information content (AvgIpc) is 3.23. The van der Waals surface area contributed by atoms with Crippen LogP contribution in [-0.2, 0) is 9.16 Å². The van der Waals surface area contributed by atoms with Gasteiger partial charge in [0.05, 0.1) is 25.9 Å². The summed E-state index contributed by atoms with van der Waals surface area (Å²) in [5, 5.41) is 10.3. The van der Waals surface area contributed by atoms with Gasteiger partial charge in [-0.3, -0.25) is 14.3 Å². The third-order valence-corrected chi connectivity index (χ3v) is 12.5. The molecule has 37 heavy (non-hydrogen) atoms. The summed E-state index contributed by atoms with van der Waals surface area (Å²) in [5.74, 6) is 0.912. The molecule has 202 valence electrons. The number of hydrogen-bond acceptors (Lipinski definition) is 6. The summed E-state index contributed by atoms with van der Waals surface area (Å²) in [6.45, 7) is 15.4. The number of hydrogen-bond donors (Lipinski definition) is 2. The Bertz CT molecular complexity index is 1130. The predicted molar refractivity (Wildman–Crippen MR) is 144 cm³/mol. The minimum absolute atomic E-state index is 0.119. The highest BCUT2D eigenvalue weighted by Gasteiger charge is 2.55. The number of rotatable bonds is 10. The quantitative estimate of drug-likeness (QED) is 0.361. The molecule has 0 bridgehead atoms. The second kappa shape index (κ2) is 10.6. The smallest absolute Gasteiger partial charge is 0.271 e. The molecular weight excluding hydrogens is 488 g/mol. The van der Waals surface area contributed by atoms with Crippen LogP contribution in [0.5, 0.6) is 5.75 Å². The van der Waals surface area contributed by atoms with Crippen molar-refractivity contribution in [1.29, 1.82) is 0 Å². The third kappa shape index (κ3) is 5.91. The van der Waals surface area contributed by atoms with E-state index in [2.05, 4.69) is 49.6 Å². The first-order valence-corrected chi connectivity index (χ1v) is 15.9. The number of nitrogens with one attached hydrogen (secondary N) is 2. The number of benzene rings is 1. The maximum atomic E-state index is 13.2. The van der Waals surface area contributed by atoms with Gasteiger partial charge < -0.3 is 24.5 Å². The molecule has 2 heterocycles. The number of fused-ring (bicyclic) bond motifs is 1. The van der Waals surface area contributed by atoms with E-state index >= 15 is 0 Å². The maximum Gasteiger partial charge on any atom is 0.271 e. The summed E-state index contributed by atoms with van der Waals surface area (Å²) in [6, 6.07) is 9.12. The Kier molecular flexibility index (Phi) is 7.82. The van der Waals surface area contributed by atoms with Crippen molar-refractivity contribution < 1.29 is 23.5 Å². The van der Waals surface area contributed by atoms with Gasteiger partial charge in [0.15, 0.2) is 14.0 Å². The Hall–Kier alpha value is -2.69. The van der Waals surface area contributed by atoms with Crippen LogP contribution in [0.1, 0.15) is 60.3 Å². The first kappa shape index (κ1) is 27.3. The topological polar surface area (TPSA) is 104 Å². The number of carbonyl (C=O) groups is 2. The molecule has 2 aliphatic rings. The zero-order valence-electron chi connectivity index (χ0n) is 23.0. The highest BCUT2D eigenvalue weighted by Crippen LogP contribution is 2.44. The van der Waals surface area contributed by atoms with E-state index in [0.29, 0.717) is 44.0 Å². The van der Waals surface area contributed by atoms with Gasteiger partial charge in [-0.1, -0.05) is 32.9 Å². The zero-order chi connectivity index (χ0) is 27.0. The highest BCUT2D eigenvalue weighted by molar-refractivity contribution is 6.74. The van der Waals surface area contributed by atoms with Crippen LogP contribution in [0.25, 0.3) is 0 Å². The first-order chi connectivity index (χ1) is 17.4. The molecule has 4 rings (SSSR count). The summed E-state index contributed by atoms with van der Waals surface area (Å²) < 4.78 is 19.3. The van der Waals surface area contributed by atoms with Gasteiger partial charge >= 0.3 is 0 Å². The molecule has 1 saturated heterocycles. The van der Waals surface area contributed by atoms with Crippen LogP contribution < -0.4 is 15.4 Å². The van der Waals surface area contributed by atoms with Crippen LogP contribution in [0, 0.1) is 11.8 Å². The third-order valence-electron chi connectivity index (χ3n) is 8.01. The molecule has 1 aromatic carbocycles. The number of aromatic nitrogens is 2. The molecular formula is C27H40N4O5Si. The number of ether oxygens (including phenoxy) is 2. The molecule has 2 aromatic rings. The van der Waals surface area contributed by atoms with Crippen LogP contribution in [-0.4, -0.2) is 69.4 Å². The molecule has 0 radical (unpaired) electrons. The van der Waals surface area contributed by atoms with Gasteiger partial charge in [0.1, 0.15) is 18.1 Å². The lowest BCUT2D eigenvalue weighted by Gasteiger charge is -2.36. The lowest BCUT2D eigenvalue weighted by molar-refractivity contribution is 0.0915. The van der Waals surface area contributed by atoms with Crippen molar-refractivity contribution in [2.24, 2.45) is 11.8 Å². The molecule has 1 aliphatic carbocycles. The highest BCUT2D eigenvalue weighted by atomic mass is 28.4. The molecule has 1 unspecified atom stereocenters. The van der Waals surface area contributed by atoms with Crippen LogP contribution in [0.15, 0.2) is 30.3 Å². The Morgan fingerprint density at radius 3 is 2.51 bits per heavy atom. The Labute approximate surface area is 220 Å². The lowest BCUT2D eigenvalue weighted by atomic mass is 10.1. The lowest BCUT2D eigenvalue weighted by Crippen LogP contribution is -2.41. The van der Waals surface area contributed by atoms with Gasteiger partial charge in [0.2, 0.25) is 0 Å². The SMILES string of the molecule is CNC(=O)c1cc(C(=O)N[C@H]2[C@@H]3COC[C@@H]32)n(C(C)c2cccc(OCCO[Si](C)(C)C(C)(C)C)c2)n1. The molecule has 1 aromatic heterocycles. The van der Waals surface area contributed by atoms with Crippen molar-refractivity contribution in [3.63, 3.8) is 0 Å². The number of amides is 2. The van der Waals surface area contributed by atoms with Crippen LogP contribution in [0.2, 0.25) is 18.1 Å². The molecule has 2 N–H and O–H groups in total. The first-order valence-electron chi connectivity index (χ1n) is 13.0. The summed E-state index contributed by atoms with van der Waals surface area (Å²) >= 11 is 0. The summed E-state index contributed by atoms with van der Waals surface area (Å²) in [7, 11) is -0.280. The van der Waals surface area contributed by atoms with Crippen molar-refractivity contribution in [1.82, 2.24) is 20.4 Å². The fourth-order valence-electron chi connectivity index (χ4n) is 4.46. The van der Waals surface area contributed by atoms with E-state index < -0.39 is 8.32 Å². The molecule has 2 fully saturated rings. The van der Waals surface area contributed by atoms with Crippen molar-refractivity contribution in [2.75, 3.05) is 33.5 Å². The van der Waals surface area contributed by atoms with E-state index in [-0.39, 0.29) is 34.6 Å². The molecule has 4 atom stereocenters. The Morgan fingerprint density at radius 1 is 1.16 bits per heavy atom. The van der Waals surface area contributed by atoms with Crippen LogP contribution >= 0.6 is 0 Å². The van der Waals surface area contributed by atoms with Gasteiger partial charge in [-0.05, 0) is 42.8 Å². The average molecular weight is 529 g/mol. The molecule has 1 aliphatic heterocycles. The van der Waals surface area contributed by atoms with E-state index in [4.69, 9.17) is 13.9 Å². The second-order valence-corrected chi connectivity index (χ2v) is 16.3. The molecule has 10 heteroatoms. The normalized spacial score (nSPS) is 21.8. The fourth-order valence-corrected chi connectivity index (χ4v) is 5.48. The van der Waals surface area contributed by atoms with Gasteiger partial charge in [0.25, 0.3) is 11.8 Å². The number of carbonyl (C=O) groups excluding carboxylic acids is 2. The summed E-state index contributed by atoms with van der Waals surface area (Å²) in [6.07, 6.45) is 0. The largest absolute Gasteiger partial charge is 0.491 e. The van der Waals surface area contributed by atoms with Gasteiger partial charge in [-0.2, -0.15) is 5.10 Å². The van der Waals surface area contributed by atoms with Crippen molar-refractivity contribution in [3.05, 3.63) is 47.3 Å². The molecule has 1 saturated carbocycles. The van der Waals surface area contributed by atoms with Crippen LogP contribution in [0.4, 0.5) is 0 Å². The van der Waals surface area contributed by atoms with Gasteiger partial charge in [-0.15, -0.1) is 0 Å². The number of nitrogens with zero attached hydrogens (tertiary/aromatic N) is 2. The Balaban J connectivity index is 1.46. The standard InChI is InChI=1S/C27H40N4O5Si/c1-17(18-9-8-10-19(13-18)35-11-12-36-37(6,7)27(2,3)4)31-23(14-22(30-31)25(32)28-5)26(33)29-24-20-15-34-16-21(20)24/h8-10,13-14,17,20-21,24H,11-12,15-16H2,1-7H3,(H,28,32)(H,29,33)/t17?,20-,21+,24+. The minimum Gasteiger partial charge on any atom is -0.491 e. The molecule has 0 spiro atoms. The molecule has 2 amide bonds. The Morgan fingerprint density at radius 2 is 1.86 bits per heavy atom. The monoisotopic (exact) mass is 528 g/mol. The second-order valence-electron chi connectivity index (χ2n) is 11.5. The van der Waals surface area contributed by atoms with E-state index in [9.17, 15) is 9.59 Å². The van der Waals surface area contributed by atoms with E-state index in [0.717, 1.165) is 11.3 Å². The van der Waals surface area contributed by atoms with Gasteiger partial charge in [0, 0.05) is 31.0 Å². The van der Waals surface area contributed by atoms with E-state index in [1.807, 2.05) is 31.2 Å². The minimum atomic E-state index is -1.83. The van der Waals surface area contributed by atoms with Crippen LogP contribution in [0.3, 0.4) is 0 Å². The van der Waals surface area contributed by atoms with E-state index in [1.165, 1.54) is 0 Å². The van der Waals surface area contributed by atoms with Gasteiger partial charge in [-0.25, -0.2) is 0 Å². The predicted octanol–water partition coefficient (Wildman–Crippen LogP) is 3.63. The molecule has 9 nitrogen and oxygen atoms in total. The summed E-state index contributed by atoms with van der Waals surface area (Å²) in [5.41, 5.74) is 1.47.